The molecule has 3 nitrogen and oxygen atoms in total. The SMILES string of the molecule is CSc1ccc(CN2CCO[C@@H](c3nccs3)C2)cc1. The predicted molar refractivity (Wildman–Crippen MR) is 84.3 cm³/mol. The fraction of sp³-hybridized carbons (Fsp3) is 0.400. The second kappa shape index (κ2) is 6.72. The zero-order valence-corrected chi connectivity index (χ0v) is 13.1. The molecule has 0 N–H and O–H groups in total. The summed E-state index contributed by atoms with van der Waals surface area (Å²) in [5.41, 5.74) is 1.36. The molecule has 0 aliphatic carbocycles. The molecule has 2 aromatic rings. The normalized spacial score (nSPS) is 20.1. The molecule has 1 aliphatic heterocycles. The first-order chi connectivity index (χ1) is 9.85. The Morgan fingerprint density at radius 2 is 2.25 bits per heavy atom. The largest absolute Gasteiger partial charge is 0.368 e. The Labute approximate surface area is 128 Å². The van der Waals surface area contributed by atoms with Crippen molar-refractivity contribution in [2.24, 2.45) is 0 Å². The molecule has 5 heteroatoms. The van der Waals surface area contributed by atoms with Gasteiger partial charge in [0.1, 0.15) is 11.1 Å². The highest BCUT2D eigenvalue weighted by Gasteiger charge is 2.23. The second-order valence-corrected chi connectivity index (χ2v) is 6.62. The van der Waals surface area contributed by atoms with Gasteiger partial charge in [0.15, 0.2) is 0 Å². The molecule has 0 saturated carbocycles. The fourth-order valence-corrected chi connectivity index (χ4v) is 3.46. The number of aromatic nitrogens is 1. The van der Waals surface area contributed by atoms with E-state index in [0.29, 0.717) is 0 Å². The number of thiazole rings is 1. The summed E-state index contributed by atoms with van der Waals surface area (Å²) in [6.07, 6.45) is 4.09. The van der Waals surface area contributed by atoms with Gasteiger partial charge in [-0.05, 0) is 24.0 Å². The van der Waals surface area contributed by atoms with Gasteiger partial charge in [-0.15, -0.1) is 23.1 Å². The van der Waals surface area contributed by atoms with Crippen molar-refractivity contribution in [2.45, 2.75) is 17.5 Å². The van der Waals surface area contributed by atoms with Crippen LogP contribution in [0.1, 0.15) is 16.7 Å². The fourth-order valence-electron chi connectivity index (χ4n) is 2.38. The van der Waals surface area contributed by atoms with Gasteiger partial charge in [0.25, 0.3) is 0 Å². The molecule has 0 amide bonds. The standard InChI is InChI=1S/C15H18N2OS2/c1-19-13-4-2-12(3-5-13)10-17-7-8-18-14(11-17)15-16-6-9-20-15/h2-6,9,14H,7-8,10-11H2,1H3/t14-/m1/s1. The van der Waals surface area contributed by atoms with E-state index in [1.54, 1.807) is 23.1 Å². The summed E-state index contributed by atoms with van der Waals surface area (Å²) >= 11 is 3.46. The maximum Gasteiger partial charge on any atom is 0.123 e. The minimum Gasteiger partial charge on any atom is -0.368 e. The third-order valence-electron chi connectivity index (χ3n) is 3.44. The molecule has 1 atom stereocenters. The highest BCUT2D eigenvalue weighted by atomic mass is 32.2. The molecule has 0 bridgehead atoms. The third-order valence-corrected chi connectivity index (χ3v) is 5.05. The van der Waals surface area contributed by atoms with Crippen LogP contribution in [0.3, 0.4) is 0 Å². The van der Waals surface area contributed by atoms with Crippen molar-refractivity contribution >= 4 is 23.1 Å². The second-order valence-electron chi connectivity index (χ2n) is 4.81. The van der Waals surface area contributed by atoms with E-state index in [1.807, 2.05) is 11.6 Å². The van der Waals surface area contributed by atoms with Crippen LogP contribution in [0.15, 0.2) is 40.7 Å². The van der Waals surface area contributed by atoms with Crippen molar-refractivity contribution in [3.63, 3.8) is 0 Å². The summed E-state index contributed by atoms with van der Waals surface area (Å²) in [5.74, 6) is 0. The Kier molecular flexibility index (Phi) is 4.73. The smallest absolute Gasteiger partial charge is 0.123 e. The van der Waals surface area contributed by atoms with Gasteiger partial charge in [0.2, 0.25) is 0 Å². The highest BCUT2D eigenvalue weighted by molar-refractivity contribution is 7.98. The van der Waals surface area contributed by atoms with Crippen molar-refractivity contribution in [1.29, 1.82) is 0 Å². The van der Waals surface area contributed by atoms with Crippen LogP contribution in [0.5, 0.6) is 0 Å². The Morgan fingerprint density at radius 1 is 1.40 bits per heavy atom. The van der Waals surface area contributed by atoms with Crippen molar-refractivity contribution in [3.05, 3.63) is 46.4 Å². The van der Waals surface area contributed by atoms with E-state index < -0.39 is 0 Å². The van der Waals surface area contributed by atoms with E-state index >= 15 is 0 Å². The Bertz CT molecular complexity index is 527. The number of morpholine rings is 1. The average Bonchev–Trinajstić information content (AvgIpc) is 3.03. The lowest BCUT2D eigenvalue weighted by Gasteiger charge is -2.32. The van der Waals surface area contributed by atoms with Crippen molar-refractivity contribution in [2.75, 3.05) is 26.0 Å². The van der Waals surface area contributed by atoms with Crippen molar-refractivity contribution < 1.29 is 4.74 Å². The molecule has 1 aromatic heterocycles. The quantitative estimate of drug-likeness (QED) is 0.808. The number of benzene rings is 1. The lowest BCUT2D eigenvalue weighted by atomic mass is 10.2. The Hall–Kier alpha value is -0.880. The molecule has 2 heterocycles. The topological polar surface area (TPSA) is 25.4 Å². The molecular formula is C15H18N2OS2. The number of rotatable bonds is 4. The van der Waals surface area contributed by atoms with E-state index in [-0.39, 0.29) is 6.10 Å². The van der Waals surface area contributed by atoms with E-state index in [9.17, 15) is 0 Å². The molecule has 1 aliphatic rings. The summed E-state index contributed by atoms with van der Waals surface area (Å²) < 4.78 is 5.83. The van der Waals surface area contributed by atoms with Gasteiger partial charge in [-0.2, -0.15) is 0 Å². The molecule has 3 rings (SSSR count). The van der Waals surface area contributed by atoms with Crippen LogP contribution in [-0.4, -0.2) is 35.8 Å². The van der Waals surface area contributed by atoms with Crippen molar-refractivity contribution in [3.8, 4) is 0 Å². The van der Waals surface area contributed by atoms with Gasteiger partial charge >= 0.3 is 0 Å². The van der Waals surface area contributed by atoms with Gasteiger partial charge in [-0.3, -0.25) is 4.90 Å². The molecule has 0 spiro atoms. The van der Waals surface area contributed by atoms with Crippen LogP contribution in [-0.2, 0) is 11.3 Å². The van der Waals surface area contributed by atoms with E-state index in [2.05, 4.69) is 40.4 Å². The van der Waals surface area contributed by atoms with Gasteiger partial charge < -0.3 is 4.74 Å². The van der Waals surface area contributed by atoms with Crippen LogP contribution in [0, 0.1) is 0 Å². The Balaban J connectivity index is 1.62. The first kappa shape index (κ1) is 14.1. The molecule has 1 fully saturated rings. The third kappa shape index (κ3) is 3.41. The number of nitrogens with zero attached hydrogens (tertiary/aromatic N) is 2. The Morgan fingerprint density at radius 3 is 2.95 bits per heavy atom. The van der Waals surface area contributed by atoms with Crippen LogP contribution in [0.2, 0.25) is 0 Å². The van der Waals surface area contributed by atoms with Crippen LogP contribution in [0.25, 0.3) is 0 Å². The molecule has 106 valence electrons. The summed E-state index contributed by atoms with van der Waals surface area (Å²) in [5, 5.41) is 3.10. The molecule has 20 heavy (non-hydrogen) atoms. The number of ether oxygens (including phenoxy) is 1. The molecule has 1 saturated heterocycles. The lowest BCUT2D eigenvalue weighted by molar-refractivity contribution is -0.0330. The zero-order chi connectivity index (χ0) is 13.8. The maximum absolute atomic E-state index is 5.83. The number of hydrogen-bond acceptors (Lipinski definition) is 5. The van der Waals surface area contributed by atoms with Gasteiger partial charge in [-0.1, -0.05) is 12.1 Å². The summed E-state index contributed by atoms with van der Waals surface area (Å²) in [6.45, 7) is 3.69. The van der Waals surface area contributed by atoms with Crippen molar-refractivity contribution in [1.82, 2.24) is 9.88 Å². The van der Waals surface area contributed by atoms with E-state index in [0.717, 1.165) is 31.2 Å². The maximum atomic E-state index is 5.83. The first-order valence-electron chi connectivity index (χ1n) is 6.71. The number of hydrogen-bond donors (Lipinski definition) is 0. The number of thioether (sulfide) groups is 1. The average molecular weight is 306 g/mol. The summed E-state index contributed by atoms with van der Waals surface area (Å²) in [4.78, 5) is 8.13. The van der Waals surface area contributed by atoms with Gasteiger partial charge in [0.05, 0.1) is 6.61 Å². The van der Waals surface area contributed by atoms with Gasteiger partial charge in [-0.25, -0.2) is 4.98 Å². The van der Waals surface area contributed by atoms with E-state index in [4.69, 9.17) is 4.74 Å². The van der Waals surface area contributed by atoms with Crippen LogP contribution >= 0.6 is 23.1 Å². The zero-order valence-electron chi connectivity index (χ0n) is 11.5. The van der Waals surface area contributed by atoms with Crippen LogP contribution in [0.4, 0.5) is 0 Å². The lowest BCUT2D eigenvalue weighted by Crippen LogP contribution is -2.37. The first-order valence-corrected chi connectivity index (χ1v) is 8.82. The van der Waals surface area contributed by atoms with Crippen LogP contribution < -0.4 is 0 Å². The highest BCUT2D eigenvalue weighted by Crippen LogP contribution is 2.25. The molecule has 0 radical (unpaired) electrons. The minimum absolute atomic E-state index is 0.134. The summed E-state index contributed by atoms with van der Waals surface area (Å²) in [7, 11) is 0. The summed E-state index contributed by atoms with van der Waals surface area (Å²) in [6, 6.07) is 8.83. The molecular weight excluding hydrogens is 288 g/mol. The minimum atomic E-state index is 0.134. The predicted octanol–water partition coefficient (Wildman–Crippen LogP) is 3.44. The molecule has 0 unspecified atom stereocenters. The monoisotopic (exact) mass is 306 g/mol. The van der Waals surface area contributed by atoms with E-state index in [1.165, 1.54) is 10.5 Å². The van der Waals surface area contributed by atoms with Gasteiger partial charge in [0, 0.05) is 36.1 Å². The molecule has 1 aromatic carbocycles.